The summed E-state index contributed by atoms with van der Waals surface area (Å²) in [7, 11) is -3.91. The number of thioether (sulfide) groups is 1. The molecular formula is C20H21F3N2O3S2. The van der Waals surface area contributed by atoms with Gasteiger partial charge in [0.25, 0.3) is 0 Å². The van der Waals surface area contributed by atoms with Gasteiger partial charge in [0.05, 0.1) is 16.2 Å². The maximum Gasteiger partial charge on any atom is 0.416 e. The third-order valence-corrected chi connectivity index (χ3v) is 7.70. The highest BCUT2D eigenvalue weighted by Crippen LogP contribution is 2.30. The molecule has 0 N–H and O–H groups in total. The van der Waals surface area contributed by atoms with Gasteiger partial charge in [-0.2, -0.15) is 17.5 Å². The van der Waals surface area contributed by atoms with Crippen molar-refractivity contribution in [2.75, 3.05) is 31.9 Å². The van der Waals surface area contributed by atoms with Crippen molar-refractivity contribution in [1.82, 2.24) is 9.21 Å². The molecule has 162 valence electrons. The highest BCUT2D eigenvalue weighted by molar-refractivity contribution is 8.00. The van der Waals surface area contributed by atoms with E-state index in [2.05, 4.69) is 0 Å². The highest BCUT2D eigenvalue weighted by atomic mass is 32.2. The molecule has 0 atom stereocenters. The van der Waals surface area contributed by atoms with Gasteiger partial charge in [0.1, 0.15) is 0 Å². The van der Waals surface area contributed by atoms with Crippen LogP contribution in [0.4, 0.5) is 13.2 Å². The second-order valence-electron chi connectivity index (χ2n) is 6.91. The van der Waals surface area contributed by atoms with Crippen LogP contribution in [0.25, 0.3) is 0 Å². The van der Waals surface area contributed by atoms with Gasteiger partial charge in [0.2, 0.25) is 15.9 Å². The number of rotatable bonds is 5. The van der Waals surface area contributed by atoms with E-state index >= 15 is 0 Å². The molecule has 1 heterocycles. The maximum absolute atomic E-state index is 12.7. The molecule has 1 aliphatic heterocycles. The zero-order chi connectivity index (χ0) is 21.9. The van der Waals surface area contributed by atoms with Crippen molar-refractivity contribution in [3.05, 3.63) is 59.7 Å². The second-order valence-corrected chi connectivity index (χ2v) is 9.90. The lowest BCUT2D eigenvalue weighted by Crippen LogP contribution is -2.50. The van der Waals surface area contributed by atoms with E-state index in [-0.39, 0.29) is 42.7 Å². The fourth-order valence-corrected chi connectivity index (χ4v) is 5.24. The zero-order valence-corrected chi connectivity index (χ0v) is 17.9. The third-order valence-electron chi connectivity index (χ3n) is 4.79. The van der Waals surface area contributed by atoms with E-state index in [0.29, 0.717) is 0 Å². The Labute approximate surface area is 177 Å². The van der Waals surface area contributed by atoms with Crippen molar-refractivity contribution >= 4 is 27.7 Å². The van der Waals surface area contributed by atoms with E-state index < -0.39 is 21.8 Å². The Morgan fingerprint density at radius 1 is 0.967 bits per heavy atom. The monoisotopic (exact) mass is 458 g/mol. The van der Waals surface area contributed by atoms with Crippen LogP contribution < -0.4 is 0 Å². The molecule has 0 saturated carbocycles. The van der Waals surface area contributed by atoms with Crippen LogP contribution in [0.3, 0.4) is 0 Å². The van der Waals surface area contributed by atoms with Crippen molar-refractivity contribution < 1.29 is 26.4 Å². The summed E-state index contributed by atoms with van der Waals surface area (Å²) in [5.74, 6) is 0.182. The van der Waals surface area contributed by atoms with Gasteiger partial charge < -0.3 is 4.90 Å². The van der Waals surface area contributed by atoms with Gasteiger partial charge in [-0.05, 0) is 43.3 Å². The van der Waals surface area contributed by atoms with Crippen LogP contribution in [0, 0.1) is 6.92 Å². The van der Waals surface area contributed by atoms with Gasteiger partial charge in [-0.1, -0.05) is 17.7 Å². The zero-order valence-electron chi connectivity index (χ0n) is 16.2. The van der Waals surface area contributed by atoms with E-state index in [9.17, 15) is 26.4 Å². The molecule has 10 heteroatoms. The number of alkyl halides is 3. The van der Waals surface area contributed by atoms with Gasteiger partial charge in [-0.3, -0.25) is 4.79 Å². The van der Waals surface area contributed by atoms with Crippen molar-refractivity contribution in [3.63, 3.8) is 0 Å². The lowest BCUT2D eigenvalue weighted by Gasteiger charge is -2.34. The molecule has 0 aromatic heterocycles. The Bertz CT molecular complexity index is 983. The molecule has 0 bridgehead atoms. The number of halogens is 3. The SMILES string of the molecule is Cc1ccc(SCC(=O)N2CCN(S(=O)(=O)c3ccc(C(F)(F)F)cc3)CC2)cc1. The predicted octanol–water partition coefficient (Wildman–Crippen LogP) is 3.64. The Balaban J connectivity index is 1.56. The van der Waals surface area contributed by atoms with Crippen molar-refractivity contribution in [3.8, 4) is 0 Å². The number of amides is 1. The molecule has 2 aromatic carbocycles. The molecule has 30 heavy (non-hydrogen) atoms. The van der Waals surface area contributed by atoms with Crippen LogP contribution in [0.2, 0.25) is 0 Å². The van der Waals surface area contributed by atoms with Gasteiger partial charge in [-0.25, -0.2) is 8.42 Å². The molecule has 5 nitrogen and oxygen atoms in total. The Morgan fingerprint density at radius 3 is 2.07 bits per heavy atom. The standard InChI is InChI=1S/C20H21F3N2O3S2/c1-15-2-6-17(7-3-15)29-14-19(26)24-10-12-25(13-11-24)30(27,28)18-8-4-16(5-9-18)20(21,22)23/h2-9H,10-14H2,1H3. The number of sulfonamides is 1. The van der Waals surface area contributed by atoms with Crippen LogP contribution in [0.1, 0.15) is 11.1 Å². The molecule has 2 aromatic rings. The average molecular weight is 459 g/mol. The van der Waals surface area contributed by atoms with Gasteiger partial charge >= 0.3 is 6.18 Å². The number of piperazine rings is 1. The summed E-state index contributed by atoms with van der Waals surface area (Å²) in [4.78, 5) is 14.8. The maximum atomic E-state index is 12.7. The molecule has 0 unspecified atom stereocenters. The lowest BCUT2D eigenvalue weighted by molar-refractivity contribution is -0.137. The Morgan fingerprint density at radius 2 is 1.53 bits per heavy atom. The quantitative estimate of drug-likeness (QED) is 0.642. The van der Waals surface area contributed by atoms with E-state index in [0.717, 1.165) is 34.7 Å². The molecule has 3 rings (SSSR count). The molecule has 1 saturated heterocycles. The van der Waals surface area contributed by atoms with Crippen LogP contribution in [0.15, 0.2) is 58.3 Å². The van der Waals surface area contributed by atoms with Gasteiger partial charge in [-0.15, -0.1) is 11.8 Å². The fraction of sp³-hybridized carbons (Fsp3) is 0.350. The van der Waals surface area contributed by atoms with Crippen molar-refractivity contribution in [2.45, 2.75) is 22.9 Å². The fourth-order valence-electron chi connectivity index (χ4n) is 3.01. The first-order chi connectivity index (χ1) is 14.1. The first-order valence-electron chi connectivity index (χ1n) is 9.22. The summed E-state index contributed by atoms with van der Waals surface area (Å²) in [5, 5.41) is 0. The lowest BCUT2D eigenvalue weighted by atomic mass is 10.2. The Kier molecular flexibility index (Phi) is 6.78. The Hall–Kier alpha value is -2.04. The van der Waals surface area contributed by atoms with Crippen LogP contribution in [-0.2, 0) is 21.0 Å². The molecule has 0 radical (unpaired) electrons. The van der Waals surface area contributed by atoms with Gasteiger partial charge in [0, 0.05) is 31.1 Å². The minimum absolute atomic E-state index is 0.0767. The van der Waals surface area contributed by atoms with Crippen LogP contribution >= 0.6 is 11.8 Å². The number of benzene rings is 2. The third kappa shape index (κ3) is 5.35. The van der Waals surface area contributed by atoms with Crippen molar-refractivity contribution in [2.24, 2.45) is 0 Å². The molecule has 0 aliphatic carbocycles. The topological polar surface area (TPSA) is 57.7 Å². The van der Waals surface area contributed by atoms with E-state index in [4.69, 9.17) is 0 Å². The normalized spacial score (nSPS) is 15.9. The summed E-state index contributed by atoms with van der Waals surface area (Å²) >= 11 is 1.42. The smallest absolute Gasteiger partial charge is 0.339 e. The molecule has 1 amide bonds. The number of hydrogen-bond acceptors (Lipinski definition) is 4. The van der Waals surface area contributed by atoms with Crippen LogP contribution in [-0.4, -0.2) is 55.5 Å². The molecule has 1 aliphatic rings. The number of carbonyl (C=O) groups is 1. The largest absolute Gasteiger partial charge is 0.416 e. The van der Waals surface area contributed by atoms with E-state index in [1.165, 1.54) is 16.1 Å². The van der Waals surface area contributed by atoms with Crippen molar-refractivity contribution in [1.29, 1.82) is 0 Å². The molecular weight excluding hydrogens is 437 g/mol. The van der Waals surface area contributed by atoms with E-state index in [1.807, 2.05) is 31.2 Å². The first-order valence-corrected chi connectivity index (χ1v) is 11.6. The highest BCUT2D eigenvalue weighted by Gasteiger charge is 2.33. The number of nitrogens with zero attached hydrogens (tertiary/aromatic N) is 2. The minimum Gasteiger partial charge on any atom is -0.339 e. The van der Waals surface area contributed by atoms with Gasteiger partial charge in [0.15, 0.2) is 0 Å². The van der Waals surface area contributed by atoms with Crippen LogP contribution in [0.5, 0.6) is 0 Å². The number of aryl methyl sites for hydroxylation is 1. The minimum atomic E-state index is -4.52. The predicted molar refractivity (Wildman–Crippen MR) is 109 cm³/mol. The number of hydrogen-bond donors (Lipinski definition) is 0. The summed E-state index contributed by atoms with van der Waals surface area (Å²) in [5.41, 5.74) is 0.235. The second kappa shape index (κ2) is 8.99. The number of carbonyl (C=O) groups excluding carboxylic acids is 1. The molecule has 1 fully saturated rings. The first kappa shape index (κ1) is 22.6. The molecule has 0 spiro atoms. The summed E-state index contributed by atoms with van der Waals surface area (Å²) in [6, 6.07) is 11.3. The summed E-state index contributed by atoms with van der Waals surface area (Å²) < 4.78 is 64.6. The van der Waals surface area contributed by atoms with E-state index in [1.54, 1.807) is 4.90 Å². The summed E-state index contributed by atoms with van der Waals surface area (Å²) in [6.45, 7) is 2.67. The average Bonchev–Trinajstić information content (AvgIpc) is 2.72. The summed E-state index contributed by atoms with van der Waals surface area (Å²) in [6.07, 6.45) is -4.52.